The van der Waals surface area contributed by atoms with Gasteiger partial charge in [-0.3, -0.25) is 9.69 Å². The van der Waals surface area contributed by atoms with E-state index in [9.17, 15) is 4.79 Å². The summed E-state index contributed by atoms with van der Waals surface area (Å²) in [4.78, 5) is 22.0. The van der Waals surface area contributed by atoms with Crippen molar-refractivity contribution in [2.24, 2.45) is 0 Å². The zero-order valence-electron chi connectivity index (χ0n) is 17.2. The number of rotatable bonds is 7. The Morgan fingerprint density at radius 3 is 2.54 bits per heavy atom. The summed E-state index contributed by atoms with van der Waals surface area (Å²) < 4.78 is 6.33. The number of thiazole rings is 1. The minimum atomic E-state index is -0.00660. The number of amides is 1. The van der Waals surface area contributed by atoms with E-state index in [0.29, 0.717) is 12.1 Å². The van der Waals surface area contributed by atoms with E-state index >= 15 is 0 Å². The predicted octanol–water partition coefficient (Wildman–Crippen LogP) is 4.52. The molecule has 0 fully saturated rings. The monoisotopic (exact) mass is 397 g/mol. The van der Waals surface area contributed by atoms with Gasteiger partial charge in [-0.25, -0.2) is 4.98 Å². The number of anilines is 1. The first-order valence-electron chi connectivity index (χ1n) is 9.37. The van der Waals surface area contributed by atoms with Crippen LogP contribution >= 0.6 is 11.3 Å². The molecule has 0 radical (unpaired) electrons. The van der Waals surface area contributed by atoms with Crippen LogP contribution in [0.1, 0.15) is 27.9 Å². The molecule has 1 aromatic heterocycles. The molecule has 3 aromatic rings. The van der Waals surface area contributed by atoms with Crippen molar-refractivity contribution in [3.05, 3.63) is 53.1 Å². The van der Waals surface area contributed by atoms with Gasteiger partial charge in [-0.2, -0.15) is 0 Å². The van der Waals surface area contributed by atoms with Crippen molar-refractivity contribution in [3.63, 3.8) is 0 Å². The van der Waals surface area contributed by atoms with E-state index in [1.807, 2.05) is 62.3 Å². The molecule has 0 saturated heterocycles. The van der Waals surface area contributed by atoms with Gasteiger partial charge in [0.2, 0.25) is 0 Å². The Hall–Kier alpha value is -2.44. The number of carbonyl (C=O) groups excluding carboxylic acids is 1. The van der Waals surface area contributed by atoms with Gasteiger partial charge in [0, 0.05) is 12.1 Å². The number of nitrogens with zero attached hydrogens (tertiary/aromatic N) is 3. The molecule has 28 heavy (non-hydrogen) atoms. The third-order valence-corrected chi connectivity index (χ3v) is 5.84. The molecule has 3 rings (SSSR count). The summed E-state index contributed by atoms with van der Waals surface area (Å²) in [6.07, 6.45) is 0.878. The molecular weight excluding hydrogens is 370 g/mol. The minimum Gasteiger partial charge on any atom is -0.497 e. The lowest BCUT2D eigenvalue weighted by Gasteiger charge is -2.21. The highest BCUT2D eigenvalue weighted by Gasteiger charge is 2.21. The Labute approximate surface area is 170 Å². The molecule has 0 N–H and O–H groups in total. The number of aromatic nitrogens is 1. The third kappa shape index (κ3) is 4.51. The highest BCUT2D eigenvalue weighted by Crippen LogP contribution is 2.32. The SMILES string of the molecule is COc1ccc2nc(N(CCCN(C)C)C(=O)c3ccc(C)c(C)c3)sc2c1. The lowest BCUT2D eigenvalue weighted by atomic mass is 10.1. The molecule has 2 aromatic carbocycles. The van der Waals surface area contributed by atoms with Gasteiger partial charge < -0.3 is 9.64 Å². The van der Waals surface area contributed by atoms with Crippen LogP contribution in [-0.4, -0.2) is 50.1 Å². The molecule has 6 heteroatoms. The Kier molecular flexibility index (Phi) is 6.31. The quantitative estimate of drug-likeness (QED) is 0.588. The van der Waals surface area contributed by atoms with E-state index in [0.717, 1.165) is 39.6 Å². The molecule has 0 spiro atoms. The number of aryl methyl sites for hydroxylation is 2. The fourth-order valence-corrected chi connectivity index (χ4v) is 4.01. The standard InChI is InChI=1S/C22H27N3O2S/c1-15-7-8-17(13-16(15)2)21(26)25(12-6-11-24(3)4)22-23-19-10-9-18(27-5)14-20(19)28-22/h7-10,13-14H,6,11-12H2,1-5H3. The molecule has 0 bridgehead atoms. The van der Waals surface area contributed by atoms with Crippen LogP contribution in [0.25, 0.3) is 10.2 Å². The second kappa shape index (κ2) is 8.71. The molecule has 1 heterocycles. The van der Waals surface area contributed by atoms with Crippen molar-refractivity contribution in [1.29, 1.82) is 0 Å². The van der Waals surface area contributed by atoms with E-state index in [4.69, 9.17) is 9.72 Å². The highest BCUT2D eigenvalue weighted by atomic mass is 32.1. The summed E-state index contributed by atoms with van der Waals surface area (Å²) >= 11 is 1.52. The summed E-state index contributed by atoms with van der Waals surface area (Å²) in [6, 6.07) is 11.7. The maximum Gasteiger partial charge on any atom is 0.260 e. The Balaban J connectivity index is 1.95. The van der Waals surface area contributed by atoms with Crippen LogP contribution in [0, 0.1) is 13.8 Å². The lowest BCUT2D eigenvalue weighted by Crippen LogP contribution is -2.33. The van der Waals surface area contributed by atoms with Crippen molar-refractivity contribution >= 4 is 32.6 Å². The zero-order valence-corrected chi connectivity index (χ0v) is 18.0. The van der Waals surface area contributed by atoms with Gasteiger partial charge in [0.1, 0.15) is 5.75 Å². The Bertz CT molecular complexity index is 981. The minimum absolute atomic E-state index is 0.00660. The van der Waals surface area contributed by atoms with Crippen LogP contribution in [0.3, 0.4) is 0 Å². The summed E-state index contributed by atoms with van der Waals surface area (Å²) in [5, 5.41) is 0.727. The van der Waals surface area contributed by atoms with Crippen LogP contribution in [0.4, 0.5) is 5.13 Å². The number of hydrogen-bond donors (Lipinski definition) is 0. The maximum atomic E-state index is 13.3. The number of ether oxygens (including phenoxy) is 1. The molecule has 0 saturated carbocycles. The predicted molar refractivity (Wildman–Crippen MR) is 117 cm³/mol. The first-order chi connectivity index (χ1) is 13.4. The van der Waals surface area contributed by atoms with Gasteiger partial charge in [0.15, 0.2) is 5.13 Å². The number of benzene rings is 2. The summed E-state index contributed by atoms with van der Waals surface area (Å²) in [7, 11) is 5.73. The van der Waals surface area contributed by atoms with E-state index in [1.54, 1.807) is 7.11 Å². The number of methoxy groups -OCH3 is 1. The van der Waals surface area contributed by atoms with Gasteiger partial charge in [0.25, 0.3) is 5.91 Å². The first-order valence-corrected chi connectivity index (χ1v) is 10.2. The second-order valence-electron chi connectivity index (χ2n) is 7.24. The number of carbonyl (C=O) groups is 1. The molecular formula is C22H27N3O2S. The van der Waals surface area contributed by atoms with Crippen LogP contribution in [0.2, 0.25) is 0 Å². The van der Waals surface area contributed by atoms with Crippen LogP contribution in [0.15, 0.2) is 36.4 Å². The normalized spacial score (nSPS) is 11.2. The van der Waals surface area contributed by atoms with Gasteiger partial charge in [0.05, 0.1) is 17.3 Å². The smallest absolute Gasteiger partial charge is 0.260 e. The fraction of sp³-hybridized carbons (Fsp3) is 0.364. The van der Waals surface area contributed by atoms with E-state index in [-0.39, 0.29) is 5.91 Å². The van der Waals surface area contributed by atoms with E-state index in [1.165, 1.54) is 16.9 Å². The number of hydrogen-bond acceptors (Lipinski definition) is 5. The lowest BCUT2D eigenvalue weighted by molar-refractivity contribution is 0.0986. The van der Waals surface area contributed by atoms with E-state index in [2.05, 4.69) is 11.8 Å². The molecule has 5 nitrogen and oxygen atoms in total. The van der Waals surface area contributed by atoms with Crippen molar-refractivity contribution in [2.45, 2.75) is 20.3 Å². The highest BCUT2D eigenvalue weighted by molar-refractivity contribution is 7.22. The topological polar surface area (TPSA) is 45.7 Å². The summed E-state index contributed by atoms with van der Waals surface area (Å²) in [5.74, 6) is 0.787. The average molecular weight is 398 g/mol. The number of fused-ring (bicyclic) bond motifs is 1. The van der Waals surface area contributed by atoms with Crippen molar-refractivity contribution in [1.82, 2.24) is 9.88 Å². The fourth-order valence-electron chi connectivity index (χ4n) is 2.99. The van der Waals surface area contributed by atoms with Crippen molar-refractivity contribution in [2.75, 3.05) is 39.2 Å². The van der Waals surface area contributed by atoms with E-state index < -0.39 is 0 Å². The largest absolute Gasteiger partial charge is 0.497 e. The van der Waals surface area contributed by atoms with Crippen LogP contribution < -0.4 is 9.64 Å². The maximum absolute atomic E-state index is 13.3. The summed E-state index contributed by atoms with van der Waals surface area (Å²) in [6.45, 7) is 5.63. The van der Waals surface area contributed by atoms with Gasteiger partial charge in [-0.1, -0.05) is 17.4 Å². The molecule has 0 aliphatic rings. The molecule has 0 aliphatic heterocycles. The third-order valence-electron chi connectivity index (χ3n) is 4.80. The molecule has 148 valence electrons. The second-order valence-corrected chi connectivity index (χ2v) is 8.25. The Morgan fingerprint density at radius 2 is 1.86 bits per heavy atom. The van der Waals surface area contributed by atoms with Gasteiger partial charge in [-0.05, 0) is 82.4 Å². The molecule has 1 amide bonds. The molecule has 0 atom stereocenters. The van der Waals surface area contributed by atoms with Crippen LogP contribution in [0.5, 0.6) is 5.75 Å². The van der Waals surface area contributed by atoms with Gasteiger partial charge in [-0.15, -0.1) is 0 Å². The summed E-state index contributed by atoms with van der Waals surface area (Å²) in [5.41, 5.74) is 3.88. The molecule has 0 unspecified atom stereocenters. The average Bonchev–Trinajstić information content (AvgIpc) is 3.09. The molecule has 0 aliphatic carbocycles. The van der Waals surface area contributed by atoms with Crippen molar-refractivity contribution in [3.8, 4) is 5.75 Å². The van der Waals surface area contributed by atoms with Crippen molar-refractivity contribution < 1.29 is 9.53 Å². The first kappa shape index (κ1) is 20.3. The Morgan fingerprint density at radius 1 is 1.07 bits per heavy atom. The zero-order chi connectivity index (χ0) is 20.3. The van der Waals surface area contributed by atoms with Gasteiger partial charge >= 0.3 is 0 Å². The van der Waals surface area contributed by atoms with Crippen LogP contribution in [-0.2, 0) is 0 Å².